The number of hydrogen-bond donors (Lipinski definition) is 4. The van der Waals surface area contributed by atoms with E-state index in [0.717, 1.165) is 82.6 Å². The van der Waals surface area contributed by atoms with Crippen molar-refractivity contribution in [1.82, 2.24) is 16.0 Å². The number of nitrogens with one attached hydrogen (secondary N) is 3. The van der Waals surface area contributed by atoms with Crippen molar-refractivity contribution in [1.29, 1.82) is 0 Å². The summed E-state index contributed by atoms with van der Waals surface area (Å²) >= 11 is 0. The Morgan fingerprint density at radius 3 is 1.45 bits per heavy atom. The summed E-state index contributed by atoms with van der Waals surface area (Å²) in [5, 5.41) is 19.3. The van der Waals surface area contributed by atoms with Crippen LogP contribution in [0.1, 0.15) is 277 Å². The molecule has 10 heteroatoms. The molecular weight excluding hydrogens is 863 g/mol. The molecule has 0 heterocycles. The minimum Gasteiger partial charge on any atom is -0.462 e. The molecule has 10 nitrogen and oxygen atoms in total. The highest BCUT2D eigenvalue weighted by Gasteiger charge is 2.25. The topological polar surface area (TPSA) is 143 Å². The minimum atomic E-state index is -0.693. The van der Waals surface area contributed by atoms with E-state index in [2.05, 4.69) is 43.6 Å². The molecule has 0 spiro atoms. The molecule has 0 unspecified atom stereocenters. The van der Waals surface area contributed by atoms with E-state index >= 15 is 0 Å². The van der Waals surface area contributed by atoms with Gasteiger partial charge < -0.3 is 30.5 Å². The molecule has 0 aliphatic rings. The van der Waals surface area contributed by atoms with Crippen LogP contribution in [-0.2, 0) is 35.3 Å². The van der Waals surface area contributed by atoms with Crippen LogP contribution in [0.3, 0.4) is 0 Å². The number of benzene rings is 1. The van der Waals surface area contributed by atoms with Crippen LogP contribution in [-0.4, -0.2) is 66.2 Å². The number of ether oxygens (including phenoxy) is 2. The van der Waals surface area contributed by atoms with Crippen molar-refractivity contribution in [2.45, 2.75) is 303 Å². The number of aliphatic hydroxyl groups is 1. The Balaban J connectivity index is 2.71. The lowest BCUT2D eigenvalue weighted by atomic mass is 10.0. The van der Waals surface area contributed by atoms with Gasteiger partial charge in [-0.2, -0.15) is 0 Å². The molecular formula is C59H107N3O7. The molecule has 0 saturated heterocycles. The van der Waals surface area contributed by atoms with Gasteiger partial charge in [-0.15, -0.1) is 0 Å². The van der Waals surface area contributed by atoms with E-state index in [1.807, 2.05) is 30.3 Å². The Hall–Kier alpha value is -2.98. The first-order valence-electron chi connectivity index (χ1n) is 29.1. The first kappa shape index (κ1) is 64.0. The summed E-state index contributed by atoms with van der Waals surface area (Å²) in [5.41, 5.74) is 1.08. The van der Waals surface area contributed by atoms with E-state index in [9.17, 15) is 24.3 Å². The standard InChI is InChI=1S/C59H107N3O7/c1-5-9-13-16-19-22-25-28-35-42-53(68-50-51-39-33-31-34-40-51)47-56(64)61-52(49-63)41-38-46-60-59(67)55(44-32-12-8-4)62-57(65)48-54(43-36-29-26-23-20-17-14-10-6-2)69-58(66)45-37-30-27-24-21-18-15-11-7-3/h31,33-34,39-40,52-55,63H,5-30,32,35-38,41-50H2,1-4H3,(H,60,67)(H,61,64)(H,62,65)/t52-,53+,54-,55+/m1/s1. The normalized spacial score (nSPS) is 13.1. The van der Waals surface area contributed by atoms with Gasteiger partial charge in [0.2, 0.25) is 17.7 Å². The van der Waals surface area contributed by atoms with Gasteiger partial charge in [-0.3, -0.25) is 19.2 Å². The Bertz CT molecular complexity index is 1350. The monoisotopic (exact) mass is 970 g/mol. The van der Waals surface area contributed by atoms with E-state index in [1.54, 1.807) is 0 Å². The average molecular weight is 971 g/mol. The lowest BCUT2D eigenvalue weighted by Gasteiger charge is -2.22. The van der Waals surface area contributed by atoms with E-state index < -0.39 is 18.2 Å². The number of hydrogen-bond acceptors (Lipinski definition) is 7. The molecule has 1 aromatic carbocycles. The van der Waals surface area contributed by atoms with Gasteiger partial charge in [0.25, 0.3) is 0 Å². The number of rotatable bonds is 50. The maximum Gasteiger partial charge on any atom is 0.306 e. The number of aliphatic hydroxyl groups excluding tert-OH is 1. The highest BCUT2D eigenvalue weighted by molar-refractivity contribution is 5.87. The molecule has 1 aromatic rings. The summed E-state index contributed by atoms with van der Waals surface area (Å²) in [6, 6.07) is 8.90. The van der Waals surface area contributed by atoms with Gasteiger partial charge in [0, 0.05) is 13.0 Å². The lowest BCUT2D eigenvalue weighted by molar-refractivity contribution is -0.151. The summed E-state index contributed by atoms with van der Waals surface area (Å²) in [5.74, 6) is -0.880. The number of esters is 1. The van der Waals surface area contributed by atoms with Crippen molar-refractivity contribution in [3.05, 3.63) is 35.9 Å². The summed E-state index contributed by atoms with van der Waals surface area (Å²) in [6.45, 7) is 9.43. The van der Waals surface area contributed by atoms with Crippen molar-refractivity contribution >= 4 is 23.7 Å². The van der Waals surface area contributed by atoms with Crippen LogP contribution in [0, 0.1) is 0 Å². The highest BCUT2D eigenvalue weighted by Crippen LogP contribution is 2.19. The van der Waals surface area contributed by atoms with Gasteiger partial charge in [-0.25, -0.2) is 0 Å². The third-order valence-electron chi connectivity index (χ3n) is 13.6. The molecule has 3 amide bonds. The summed E-state index contributed by atoms with van der Waals surface area (Å²) < 4.78 is 12.3. The number of carbonyl (C=O) groups is 4. The number of unbranched alkanes of at least 4 members (excludes halogenated alkanes) is 26. The van der Waals surface area contributed by atoms with E-state index in [0.29, 0.717) is 45.3 Å². The second-order valence-electron chi connectivity index (χ2n) is 20.2. The smallest absolute Gasteiger partial charge is 0.306 e. The quantitative estimate of drug-likeness (QED) is 0.0376. The second kappa shape index (κ2) is 47.4. The van der Waals surface area contributed by atoms with E-state index in [-0.39, 0.29) is 49.2 Å². The van der Waals surface area contributed by atoms with Gasteiger partial charge in [-0.1, -0.05) is 238 Å². The average Bonchev–Trinajstić information content (AvgIpc) is 3.34. The van der Waals surface area contributed by atoms with Crippen LogP contribution in [0.25, 0.3) is 0 Å². The third-order valence-corrected chi connectivity index (χ3v) is 13.6. The summed E-state index contributed by atoms with van der Waals surface area (Å²) in [6.07, 6.45) is 38.1. The molecule has 0 aromatic heterocycles. The zero-order valence-corrected chi connectivity index (χ0v) is 45.1. The Morgan fingerprint density at radius 2 is 0.928 bits per heavy atom. The molecule has 0 radical (unpaired) electrons. The fraction of sp³-hybridized carbons (Fsp3) is 0.831. The van der Waals surface area contributed by atoms with Crippen molar-refractivity contribution in [3.63, 3.8) is 0 Å². The fourth-order valence-electron chi connectivity index (χ4n) is 9.14. The Kier molecular flexibility index (Phi) is 43.9. The Morgan fingerprint density at radius 1 is 0.493 bits per heavy atom. The van der Waals surface area contributed by atoms with Crippen LogP contribution < -0.4 is 16.0 Å². The molecule has 0 saturated carbocycles. The lowest BCUT2D eigenvalue weighted by Crippen LogP contribution is -2.48. The number of amides is 3. The molecule has 4 N–H and O–H groups in total. The highest BCUT2D eigenvalue weighted by atomic mass is 16.5. The minimum absolute atomic E-state index is 0.0489. The molecule has 0 aliphatic heterocycles. The maximum atomic E-state index is 13.6. The van der Waals surface area contributed by atoms with Crippen molar-refractivity contribution in [2.24, 2.45) is 0 Å². The van der Waals surface area contributed by atoms with Crippen LogP contribution in [0.15, 0.2) is 30.3 Å². The molecule has 0 bridgehead atoms. The predicted octanol–water partition coefficient (Wildman–Crippen LogP) is 14.5. The molecule has 69 heavy (non-hydrogen) atoms. The summed E-state index contributed by atoms with van der Waals surface area (Å²) in [7, 11) is 0. The van der Waals surface area contributed by atoms with Crippen molar-refractivity contribution in [3.8, 4) is 0 Å². The van der Waals surface area contributed by atoms with Gasteiger partial charge >= 0.3 is 5.97 Å². The molecule has 0 aliphatic carbocycles. The molecule has 1 rings (SSSR count). The zero-order valence-electron chi connectivity index (χ0n) is 45.1. The SMILES string of the molecule is CCCCCCCCCCCC(=O)O[C@H](CCCCCCCCCCC)CC(=O)N[C@@H](CCCCC)C(=O)NCCC[C@H](CO)NC(=O)C[C@H](CCCCCCCCCCC)OCc1ccccc1. The fourth-order valence-corrected chi connectivity index (χ4v) is 9.14. The first-order chi connectivity index (χ1) is 33.8. The van der Waals surface area contributed by atoms with Gasteiger partial charge in [0.15, 0.2) is 0 Å². The third kappa shape index (κ3) is 39.3. The maximum absolute atomic E-state index is 13.6. The van der Waals surface area contributed by atoms with E-state index in [1.165, 1.54) is 122 Å². The zero-order chi connectivity index (χ0) is 50.3. The largest absolute Gasteiger partial charge is 0.462 e. The van der Waals surface area contributed by atoms with Gasteiger partial charge in [-0.05, 0) is 50.5 Å². The predicted molar refractivity (Wildman–Crippen MR) is 287 cm³/mol. The molecule has 0 fully saturated rings. The number of carbonyl (C=O) groups excluding carboxylic acids is 4. The van der Waals surface area contributed by atoms with Crippen molar-refractivity contribution < 1.29 is 33.8 Å². The molecule has 4 atom stereocenters. The van der Waals surface area contributed by atoms with Gasteiger partial charge in [0.05, 0.1) is 38.2 Å². The summed E-state index contributed by atoms with van der Waals surface area (Å²) in [4.78, 5) is 53.5. The Labute approximate surface area is 423 Å². The second-order valence-corrected chi connectivity index (χ2v) is 20.2. The first-order valence-corrected chi connectivity index (χ1v) is 29.1. The molecule has 400 valence electrons. The van der Waals surface area contributed by atoms with Crippen LogP contribution in [0.2, 0.25) is 0 Å². The van der Waals surface area contributed by atoms with E-state index in [4.69, 9.17) is 9.47 Å². The van der Waals surface area contributed by atoms with Crippen LogP contribution in [0.5, 0.6) is 0 Å². The van der Waals surface area contributed by atoms with Crippen LogP contribution >= 0.6 is 0 Å². The van der Waals surface area contributed by atoms with Gasteiger partial charge in [0.1, 0.15) is 12.1 Å². The van der Waals surface area contributed by atoms with Crippen LogP contribution in [0.4, 0.5) is 0 Å². The van der Waals surface area contributed by atoms with Crippen molar-refractivity contribution in [2.75, 3.05) is 13.2 Å².